The van der Waals surface area contributed by atoms with Crippen LogP contribution in [-0.4, -0.2) is 18.6 Å². The topological polar surface area (TPSA) is 38.3 Å². The number of hydrogen-bond acceptors (Lipinski definition) is 3. The second kappa shape index (κ2) is 7.82. The van der Waals surface area contributed by atoms with E-state index in [1.807, 2.05) is 26.0 Å². The van der Waals surface area contributed by atoms with Gasteiger partial charge < -0.3 is 10.1 Å². The number of nitrogens with one attached hydrogen (secondary N) is 1. The van der Waals surface area contributed by atoms with Crippen LogP contribution in [0.4, 0.5) is 5.69 Å². The van der Waals surface area contributed by atoms with Crippen LogP contribution in [0.3, 0.4) is 0 Å². The van der Waals surface area contributed by atoms with Crippen molar-refractivity contribution < 1.29 is 9.53 Å². The number of carbonyl (C=O) groups excluding carboxylic acids is 1. The van der Waals surface area contributed by atoms with Crippen LogP contribution in [0.1, 0.15) is 50.9 Å². The third-order valence-electron chi connectivity index (χ3n) is 3.21. The van der Waals surface area contributed by atoms with Gasteiger partial charge in [-0.25, -0.2) is 4.79 Å². The van der Waals surface area contributed by atoms with Gasteiger partial charge in [-0.1, -0.05) is 26.7 Å². The SMILES string of the molecule is CCC(CC)CNc1ccc(C(=O)OC(C)C)cc1. The lowest BCUT2D eigenvalue weighted by Gasteiger charge is -2.14. The van der Waals surface area contributed by atoms with Crippen LogP contribution in [0.2, 0.25) is 0 Å². The summed E-state index contributed by atoms with van der Waals surface area (Å²) in [6, 6.07) is 7.47. The lowest BCUT2D eigenvalue weighted by atomic mass is 10.0. The van der Waals surface area contributed by atoms with Crippen molar-refractivity contribution in [3.8, 4) is 0 Å². The van der Waals surface area contributed by atoms with E-state index in [1.54, 1.807) is 12.1 Å². The van der Waals surface area contributed by atoms with Crippen LogP contribution >= 0.6 is 0 Å². The molecule has 1 rings (SSSR count). The fourth-order valence-electron chi connectivity index (χ4n) is 1.85. The molecular weight excluding hydrogens is 238 g/mol. The third kappa shape index (κ3) is 5.33. The molecule has 0 atom stereocenters. The standard InChI is InChI=1S/C16H25NO2/c1-5-13(6-2)11-17-15-9-7-14(8-10-15)16(18)19-12(3)4/h7-10,12-13,17H,5-6,11H2,1-4H3. The second-order valence-corrected chi connectivity index (χ2v) is 5.09. The summed E-state index contributed by atoms with van der Waals surface area (Å²) in [7, 11) is 0. The molecule has 3 nitrogen and oxygen atoms in total. The van der Waals surface area contributed by atoms with Crippen LogP contribution < -0.4 is 5.32 Å². The molecule has 0 unspecified atom stereocenters. The van der Waals surface area contributed by atoms with Gasteiger partial charge in [0.05, 0.1) is 11.7 Å². The first-order valence-electron chi connectivity index (χ1n) is 7.11. The number of carbonyl (C=O) groups is 1. The zero-order valence-corrected chi connectivity index (χ0v) is 12.4. The normalized spacial score (nSPS) is 10.8. The van der Waals surface area contributed by atoms with Gasteiger partial charge in [-0.2, -0.15) is 0 Å². The Morgan fingerprint density at radius 1 is 1.16 bits per heavy atom. The summed E-state index contributed by atoms with van der Waals surface area (Å²) >= 11 is 0. The Hall–Kier alpha value is -1.51. The highest BCUT2D eigenvalue weighted by Gasteiger charge is 2.09. The minimum Gasteiger partial charge on any atom is -0.459 e. The minimum absolute atomic E-state index is 0.0832. The van der Waals surface area contributed by atoms with Gasteiger partial charge in [-0.15, -0.1) is 0 Å². The highest BCUT2D eigenvalue weighted by Crippen LogP contribution is 2.14. The first-order chi connectivity index (χ1) is 9.06. The molecule has 19 heavy (non-hydrogen) atoms. The molecule has 0 spiro atoms. The predicted molar refractivity (Wildman–Crippen MR) is 79.6 cm³/mol. The van der Waals surface area contributed by atoms with E-state index in [0.717, 1.165) is 12.2 Å². The largest absolute Gasteiger partial charge is 0.459 e. The van der Waals surface area contributed by atoms with Gasteiger partial charge in [0.25, 0.3) is 0 Å². The van der Waals surface area contributed by atoms with Gasteiger partial charge in [-0.3, -0.25) is 0 Å². The van der Waals surface area contributed by atoms with E-state index in [1.165, 1.54) is 12.8 Å². The molecule has 3 heteroatoms. The molecule has 0 amide bonds. The van der Waals surface area contributed by atoms with Gasteiger partial charge in [0.1, 0.15) is 0 Å². The summed E-state index contributed by atoms with van der Waals surface area (Å²) in [6.07, 6.45) is 2.28. The Morgan fingerprint density at radius 3 is 2.21 bits per heavy atom. The Kier molecular flexibility index (Phi) is 6.40. The summed E-state index contributed by atoms with van der Waals surface area (Å²) < 4.78 is 5.15. The van der Waals surface area contributed by atoms with Gasteiger partial charge in [0.2, 0.25) is 0 Å². The fraction of sp³-hybridized carbons (Fsp3) is 0.562. The van der Waals surface area contributed by atoms with Gasteiger partial charge in [0.15, 0.2) is 0 Å². The average molecular weight is 263 g/mol. The average Bonchev–Trinajstić information content (AvgIpc) is 2.39. The van der Waals surface area contributed by atoms with E-state index in [0.29, 0.717) is 11.5 Å². The maximum absolute atomic E-state index is 11.7. The van der Waals surface area contributed by atoms with Crippen molar-refractivity contribution >= 4 is 11.7 Å². The van der Waals surface area contributed by atoms with Crippen LogP contribution in [-0.2, 0) is 4.74 Å². The second-order valence-electron chi connectivity index (χ2n) is 5.09. The van der Waals surface area contributed by atoms with Crippen LogP contribution in [0.15, 0.2) is 24.3 Å². The first kappa shape index (κ1) is 15.5. The highest BCUT2D eigenvalue weighted by molar-refractivity contribution is 5.89. The van der Waals surface area contributed by atoms with E-state index in [-0.39, 0.29) is 12.1 Å². The Balaban J connectivity index is 2.54. The molecule has 0 aromatic heterocycles. The number of esters is 1. The number of rotatable bonds is 7. The zero-order valence-electron chi connectivity index (χ0n) is 12.4. The molecule has 0 aliphatic rings. The smallest absolute Gasteiger partial charge is 0.338 e. The van der Waals surface area contributed by atoms with E-state index >= 15 is 0 Å². The molecule has 0 radical (unpaired) electrons. The molecule has 0 saturated carbocycles. The molecule has 0 saturated heterocycles. The van der Waals surface area contributed by atoms with Crippen molar-refractivity contribution in [3.05, 3.63) is 29.8 Å². The summed E-state index contributed by atoms with van der Waals surface area (Å²) in [5.41, 5.74) is 1.65. The minimum atomic E-state index is -0.262. The van der Waals surface area contributed by atoms with Crippen LogP contribution in [0.25, 0.3) is 0 Å². The Bertz CT molecular complexity index is 380. The zero-order chi connectivity index (χ0) is 14.3. The predicted octanol–water partition coefficient (Wildman–Crippen LogP) is 4.10. The molecule has 0 aliphatic heterocycles. The Labute approximate surface area is 116 Å². The molecule has 0 fully saturated rings. The number of anilines is 1. The monoisotopic (exact) mass is 263 g/mol. The van der Waals surface area contributed by atoms with Crippen molar-refractivity contribution in [3.63, 3.8) is 0 Å². The maximum Gasteiger partial charge on any atom is 0.338 e. The molecule has 1 N–H and O–H groups in total. The fourth-order valence-corrected chi connectivity index (χ4v) is 1.85. The number of ether oxygens (including phenoxy) is 1. The summed E-state index contributed by atoms with van der Waals surface area (Å²) in [5, 5.41) is 3.40. The quantitative estimate of drug-likeness (QED) is 0.753. The van der Waals surface area contributed by atoms with Crippen molar-refractivity contribution in [1.82, 2.24) is 0 Å². The number of benzene rings is 1. The third-order valence-corrected chi connectivity index (χ3v) is 3.21. The molecule has 106 valence electrons. The van der Waals surface area contributed by atoms with E-state index in [4.69, 9.17) is 4.74 Å². The summed E-state index contributed by atoms with van der Waals surface area (Å²) in [4.78, 5) is 11.7. The van der Waals surface area contributed by atoms with Gasteiger partial charge >= 0.3 is 5.97 Å². The van der Waals surface area contributed by atoms with Crippen LogP contribution in [0.5, 0.6) is 0 Å². The van der Waals surface area contributed by atoms with E-state index in [2.05, 4.69) is 19.2 Å². The molecule has 0 bridgehead atoms. The lowest BCUT2D eigenvalue weighted by Crippen LogP contribution is -2.13. The summed E-state index contributed by atoms with van der Waals surface area (Å²) in [6.45, 7) is 9.09. The molecule has 1 aromatic carbocycles. The van der Waals surface area contributed by atoms with Crippen molar-refractivity contribution in [2.75, 3.05) is 11.9 Å². The molecule has 0 heterocycles. The van der Waals surface area contributed by atoms with Crippen LogP contribution in [0, 0.1) is 5.92 Å². The maximum atomic E-state index is 11.7. The van der Waals surface area contributed by atoms with Crippen molar-refractivity contribution in [2.45, 2.75) is 46.6 Å². The summed E-state index contributed by atoms with van der Waals surface area (Å²) in [5.74, 6) is 0.437. The van der Waals surface area contributed by atoms with Gasteiger partial charge in [0, 0.05) is 12.2 Å². The lowest BCUT2D eigenvalue weighted by molar-refractivity contribution is 0.0378. The van der Waals surface area contributed by atoms with E-state index < -0.39 is 0 Å². The van der Waals surface area contributed by atoms with Gasteiger partial charge in [-0.05, 0) is 44.0 Å². The Morgan fingerprint density at radius 2 is 1.74 bits per heavy atom. The molecule has 1 aromatic rings. The molecular formula is C16H25NO2. The molecule has 0 aliphatic carbocycles. The highest BCUT2D eigenvalue weighted by atomic mass is 16.5. The first-order valence-corrected chi connectivity index (χ1v) is 7.11. The van der Waals surface area contributed by atoms with Crippen molar-refractivity contribution in [2.24, 2.45) is 5.92 Å². The van der Waals surface area contributed by atoms with E-state index in [9.17, 15) is 4.79 Å². The van der Waals surface area contributed by atoms with Crippen molar-refractivity contribution in [1.29, 1.82) is 0 Å². The number of hydrogen-bond donors (Lipinski definition) is 1.